The van der Waals surface area contributed by atoms with E-state index in [0.717, 1.165) is 19.3 Å². The van der Waals surface area contributed by atoms with Crippen LogP contribution in [0.5, 0.6) is 0 Å². The Morgan fingerprint density at radius 1 is 1.55 bits per heavy atom. The highest BCUT2D eigenvalue weighted by Crippen LogP contribution is 2.30. The van der Waals surface area contributed by atoms with E-state index in [9.17, 15) is 8.42 Å². The lowest BCUT2D eigenvalue weighted by Crippen LogP contribution is -2.29. The summed E-state index contributed by atoms with van der Waals surface area (Å²) in [6.45, 7) is 3.35. The molecular formula is C13H20BrN3O2S. The van der Waals surface area contributed by atoms with Crippen molar-refractivity contribution < 1.29 is 8.42 Å². The summed E-state index contributed by atoms with van der Waals surface area (Å²) in [7, 11) is -1.80. The van der Waals surface area contributed by atoms with Crippen molar-refractivity contribution in [1.29, 1.82) is 0 Å². The molecule has 2 heterocycles. The van der Waals surface area contributed by atoms with E-state index in [1.165, 1.54) is 0 Å². The molecule has 1 fully saturated rings. The molecule has 7 heteroatoms. The Morgan fingerprint density at radius 3 is 2.95 bits per heavy atom. The molecule has 5 nitrogen and oxygen atoms in total. The predicted molar refractivity (Wildman–Crippen MR) is 83.3 cm³/mol. The maximum atomic E-state index is 12.7. The number of hydrogen-bond acceptors (Lipinski definition) is 4. The Bertz CT molecular complexity index is 577. The van der Waals surface area contributed by atoms with Gasteiger partial charge in [0.15, 0.2) is 0 Å². The second kappa shape index (κ2) is 6.41. The van der Waals surface area contributed by atoms with Crippen LogP contribution in [-0.2, 0) is 10.0 Å². The molecule has 0 radical (unpaired) electrons. The summed E-state index contributed by atoms with van der Waals surface area (Å²) in [6, 6.07) is 1.61. The van der Waals surface area contributed by atoms with Gasteiger partial charge in [0.25, 0.3) is 0 Å². The summed E-state index contributed by atoms with van der Waals surface area (Å²) in [4.78, 5) is 4.37. The van der Waals surface area contributed by atoms with Gasteiger partial charge < -0.3 is 5.32 Å². The zero-order chi connectivity index (χ0) is 14.8. The Kier molecular flexibility index (Phi) is 5.04. The summed E-state index contributed by atoms with van der Waals surface area (Å²) >= 11 is 3.29. The monoisotopic (exact) mass is 361 g/mol. The zero-order valence-electron chi connectivity index (χ0n) is 11.8. The largest absolute Gasteiger partial charge is 0.372 e. The van der Waals surface area contributed by atoms with E-state index in [-0.39, 0.29) is 4.90 Å². The maximum absolute atomic E-state index is 12.7. The topological polar surface area (TPSA) is 62.3 Å². The third-order valence-electron chi connectivity index (χ3n) is 3.62. The fourth-order valence-electron chi connectivity index (χ4n) is 2.60. The number of hydrogen-bond donors (Lipinski definition) is 1. The van der Waals surface area contributed by atoms with Crippen LogP contribution in [0.3, 0.4) is 0 Å². The quantitative estimate of drug-likeness (QED) is 0.875. The van der Waals surface area contributed by atoms with Crippen molar-refractivity contribution in [2.75, 3.05) is 25.5 Å². The molecule has 1 aromatic heterocycles. The van der Waals surface area contributed by atoms with Crippen molar-refractivity contribution in [2.45, 2.75) is 31.1 Å². The van der Waals surface area contributed by atoms with Crippen molar-refractivity contribution in [3.8, 4) is 0 Å². The first-order valence-electron chi connectivity index (χ1n) is 6.82. The third kappa shape index (κ3) is 3.15. The van der Waals surface area contributed by atoms with Crippen LogP contribution in [0.2, 0.25) is 0 Å². The molecule has 1 aliphatic rings. The summed E-state index contributed by atoms with van der Waals surface area (Å²) in [5.74, 6) is 0.875. The Balaban J connectivity index is 2.29. The molecule has 112 valence electrons. The van der Waals surface area contributed by atoms with Crippen molar-refractivity contribution in [3.05, 3.63) is 16.7 Å². The number of halogens is 1. The Hall–Kier alpha value is -0.660. The molecule has 20 heavy (non-hydrogen) atoms. The summed E-state index contributed by atoms with van der Waals surface area (Å²) in [5, 5.41) is 2.85. The van der Waals surface area contributed by atoms with Gasteiger partial charge in [-0.1, -0.05) is 13.3 Å². The van der Waals surface area contributed by atoms with Crippen molar-refractivity contribution in [2.24, 2.45) is 5.92 Å². The van der Waals surface area contributed by atoms with E-state index >= 15 is 0 Å². The molecule has 0 aromatic carbocycles. The van der Waals surface area contributed by atoms with Crippen LogP contribution < -0.4 is 5.32 Å². The van der Waals surface area contributed by atoms with E-state index in [1.54, 1.807) is 23.6 Å². The number of pyridine rings is 1. The SMILES string of the molecule is CCCC1CCN(S(=O)(=O)c2cc(Br)cnc2NC)C1. The lowest BCUT2D eigenvalue weighted by atomic mass is 10.0. The minimum Gasteiger partial charge on any atom is -0.372 e. The lowest BCUT2D eigenvalue weighted by Gasteiger charge is -2.18. The van der Waals surface area contributed by atoms with Gasteiger partial charge in [-0.25, -0.2) is 13.4 Å². The highest BCUT2D eigenvalue weighted by Gasteiger charge is 2.33. The van der Waals surface area contributed by atoms with E-state index < -0.39 is 10.0 Å². The van der Waals surface area contributed by atoms with E-state index in [1.807, 2.05) is 0 Å². The van der Waals surface area contributed by atoms with Gasteiger partial charge in [0.1, 0.15) is 10.7 Å². The third-order valence-corrected chi connectivity index (χ3v) is 5.93. The van der Waals surface area contributed by atoms with Gasteiger partial charge in [0, 0.05) is 30.8 Å². The molecule has 1 aliphatic heterocycles. The minimum absolute atomic E-state index is 0.242. The lowest BCUT2D eigenvalue weighted by molar-refractivity contribution is 0.444. The second-order valence-electron chi connectivity index (χ2n) is 5.06. The molecule has 0 saturated carbocycles. The van der Waals surface area contributed by atoms with Crippen molar-refractivity contribution in [3.63, 3.8) is 0 Å². The number of sulfonamides is 1. The zero-order valence-corrected chi connectivity index (χ0v) is 14.2. The molecule has 0 bridgehead atoms. The fourth-order valence-corrected chi connectivity index (χ4v) is 4.79. The predicted octanol–water partition coefficient (Wildman–Crippen LogP) is 2.70. The summed E-state index contributed by atoms with van der Waals surface area (Å²) in [5.41, 5.74) is 0. The molecule has 1 saturated heterocycles. The number of rotatable bonds is 5. The number of anilines is 1. The van der Waals surface area contributed by atoms with Crippen LogP contribution in [0, 0.1) is 5.92 Å². The van der Waals surface area contributed by atoms with Gasteiger partial charge in [-0.05, 0) is 40.8 Å². The molecule has 0 spiro atoms. The highest BCUT2D eigenvalue weighted by molar-refractivity contribution is 9.10. The number of aromatic nitrogens is 1. The van der Waals surface area contributed by atoms with Crippen molar-refractivity contribution in [1.82, 2.24) is 9.29 Å². The number of nitrogens with one attached hydrogen (secondary N) is 1. The fraction of sp³-hybridized carbons (Fsp3) is 0.615. The van der Waals surface area contributed by atoms with Gasteiger partial charge in [0.2, 0.25) is 10.0 Å². The van der Waals surface area contributed by atoms with Crippen LogP contribution in [-0.4, -0.2) is 37.8 Å². The molecule has 0 aliphatic carbocycles. The highest BCUT2D eigenvalue weighted by atomic mass is 79.9. The van der Waals surface area contributed by atoms with Gasteiger partial charge in [-0.15, -0.1) is 0 Å². The van der Waals surface area contributed by atoms with Crippen LogP contribution in [0.4, 0.5) is 5.82 Å². The molecular weight excluding hydrogens is 342 g/mol. The minimum atomic E-state index is -3.48. The molecule has 2 rings (SSSR count). The first-order valence-corrected chi connectivity index (χ1v) is 9.05. The average molecular weight is 362 g/mol. The molecule has 0 amide bonds. The second-order valence-corrected chi connectivity index (χ2v) is 7.88. The van der Waals surface area contributed by atoms with Gasteiger partial charge >= 0.3 is 0 Å². The summed E-state index contributed by atoms with van der Waals surface area (Å²) in [6.07, 6.45) is 4.72. The van der Waals surface area contributed by atoms with Crippen LogP contribution in [0.1, 0.15) is 26.2 Å². The van der Waals surface area contributed by atoms with Gasteiger partial charge in [-0.2, -0.15) is 4.31 Å². The van der Waals surface area contributed by atoms with E-state index in [4.69, 9.17) is 0 Å². The first kappa shape index (κ1) is 15.7. The summed E-state index contributed by atoms with van der Waals surface area (Å²) < 4.78 is 27.7. The molecule has 1 aromatic rings. The smallest absolute Gasteiger partial charge is 0.246 e. The maximum Gasteiger partial charge on any atom is 0.246 e. The van der Waals surface area contributed by atoms with Crippen LogP contribution in [0.15, 0.2) is 21.6 Å². The number of nitrogens with zero attached hydrogens (tertiary/aromatic N) is 2. The van der Waals surface area contributed by atoms with Crippen LogP contribution in [0.25, 0.3) is 0 Å². The van der Waals surface area contributed by atoms with E-state index in [0.29, 0.717) is 29.3 Å². The Labute approximate surface area is 129 Å². The van der Waals surface area contributed by atoms with E-state index in [2.05, 4.69) is 33.2 Å². The van der Waals surface area contributed by atoms with Crippen molar-refractivity contribution >= 4 is 31.8 Å². The first-order chi connectivity index (χ1) is 9.48. The van der Waals surface area contributed by atoms with Crippen LogP contribution >= 0.6 is 15.9 Å². The molecule has 1 atom stereocenters. The molecule has 1 N–H and O–H groups in total. The van der Waals surface area contributed by atoms with Gasteiger partial charge in [0.05, 0.1) is 0 Å². The Morgan fingerprint density at radius 2 is 2.30 bits per heavy atom. The average Bonchev–Trinajstić information content (AvgIpc) is 2.88. The molecule has 1 unspecified atom stereocenters. The standard InChI is InChI=1S/C13H20BrN3O2S/c1-3-4-10-5-6-17(9-10)20(18,19)12-7-11(14)8-16-13(12)15-2/h7-8,10H,3-6,9H2,1-2H3,(H,15,16). The normalized spacial score (nSPS) is 20.2. The van der Waals surface area contributed by atoms with Gasteiger partial charge in [-0.3, -0.25) is 0 Å².